The van der Waals surface area contributed by atoms with Crippen molar-refractivity contribution >= 4 is 53.0 Å². The Kier molecular flexibility index (Phi) is 25.8. The van der Waals surface area contributed by atoms with Crippen molar-refractivity contribution in [3.8, 4) is 0 Å². The normalized spacial score (nSPS) is 17.8. The largest absolute Gasteiger partial charge is 0.460 e. The fourth-order valence-electron chi connectivity index (χ4n) is 10.6. The van der Waals surface area contributed by atoms with Gasteiger partial charge in [0, 0.05) is 52.9 Å². The predicted octanol–water partition coefficient (Wildman–Crippen LogP) is 5.54. The molecular weight excluding hydrogens is 997 g/mol. The number of nitrogens with one attached hydrogen (secondary N) is 3. The van der Waals surface area contributed by atoms with Gasteiger partial charge in [0.25, 0.3) is 11.8 Å². The van der Waals surface area contributed by atoms with Gasteiger partial charge in [-0.2, -0.15) is 5.10 Å². The molecule has 2 aromatic rings. The van der Waals surface area contributed by atoms with E-state index in [4.69, 9.17) is 14.2 Å². The van der Waals surface area contributed by atoms with Crippen molar-refractivity contribution in [3.63, 3.8) is 0 Å². The number of ether oxygens (including phenoxy) is 3. The van der Waals surface area contributed by atoms with Crippen LogP contribution in [0.3, 0.4) is 0 Å². The number of unbranched alkanes of at least 4 members (excludes halogenated alkanes) is 2. The van der Waals surface area contributed by atoms with E-state index >= 15 is 0 Å². The summed E-state index contributed by atoms with van der Waals surface area (Å²) in [5.74, 6) is -3.52. The van der Waals surface area contributed by atoms with Crippen molar-refractivity contribution in [1.29, 1.82) is 0 Å². The number of hydrazone groups is 1. The Morgan fingerprint density at radius 3 is 2.01 bits per heavy atom. The lowest BCUT2D eigenvalue weighted by atomic mass is 9.89. The van der Waals surface area contributed by atoms with Gasteiger partial charge in [0.1, 0.15) is 12.6 Å². The Bertz CT molecular complexity index is 2370. The minimum atomic E-state index is -0.803. The zero-order valence-corrected chi connectivity index (χ0v) is 48.4. The van der Waals surface area contributed by atoms with Crippen molar-refractivity contribution < 1.29 is 52.6 Å². The second kappa shape index (κ2) is 31.3. The number of nitrogens with zero attached hydrogens (tertiary/aromatic N) is 5. The number of hydrogen-bond donors (Lipinski definition) is 3. The molecule has 0 saturated carbocycles. The Hall–Kier alpha value is -6.31. The Morgan fingerprint density at radius 1 is 0.795 bits per heavy atom. The quantitative estimate of drug-likeness (QED) is 0.0278. The topological polar surface area (TPSA) is 226 Å². The molecule has 0 aliphatic carbocycles. The number of benzene rings is 2. The van der Waals surface area contributed by atoms with Crippen molar-refractivity contribution in [2.24, 2.45) is 28.8 Å². The molecule has 0 spiro atoms. The first-order valence-corrected chi connectivity index (χ1v) is 27.6. The van der Waals surface area contributed by atoms with E-state index in [0.29, 0.717) is 69.3 Å². The van der Waals surface area contributed by atoms with E-state index in [2.05, 4.69) is 21.2 Å². The van der Waals surface area contributed by atoms with Gasteiger partial charge in [-0.25, -0.2) is 10.2 Å². The summed E-state index contributed by atoms with van der Waals surface area (Å²) in [6, 6.07) is 13.4. The van der Waals surface area contributed by atoms with Crippen molar-refractivity contribution in [1.82, 2.24) is 35.7 Å². The van der Waals surface area contributed by atoms with Crippen LogP contribution in [0.2, 0.25) is 0 Å². The van der Waals surface area contributed by atoms with Crippen LogP contribution in [0.25, 0.3) is 0 Å². The van der Waals surface area contributed by atoms with Crippen LogP contribution in [-0.2, 0) is 54.2 Å². The maximum absolute atomic E-state index is 14.5. The molecule has 2 aromatic carbocycles. The molecule has 3 N–H and O–H groups in total. The molecule has 19 heteroatoms. The van der Waals surface area contributed by atoms with E-state index in [1.807, 2.05) is 90.9 Å². The van der Waals surface area contributed by atoms with E-state index < -0.39 is 54.3 Å². The second-order valence-corrected chi connectivity index (χ2v) is 21.7. The first kappa shape index (κ1) is 64.2. The van der Waals surface area contributed by atoms with Crippen LogP contribution in [0.1, 0.15) is 128 Å². The highest BCUT2D eigenvalue weighted by atomic mass is 16.5. The van der Waals surface area contributed by atoms with Crippen LogP contribution < -0.4 is 16.1 Å². The van der Waals surface area contributed by atoms with Gasteiger partial charge in [0.15, 0.2) is 0 Å². The number of rotatable bonds is 31. The Labute approximate surface area is 462 Å². The van der Waals surface area contributed by atoms with Gasteiger partial charge >= 0.3 is 5.97 Å². The molecule has 1 saturated heterocycles. The average Bonchev–Trinajstić information content (AvgIpc) is 4.04. The monoisotopic (exact) mass is 1080 g/mol. The highest BCUT2D eigenvalue weighted by Gasteiger charge is 2.43. The summed E-state index contributed by atoms with van der Waals surface area (Å²) >= 11 is 0. The molecule has 0 bridgehead atoms. The van der Waals surface area contributed by atoms with Crippen molar-refractivity contribution in [2.75, 3.05) is 55.1 Å². The van der Waals surface area contributed by atoms with Crippen LogP contribution in [0.4, 0.5) is 0 Å². The maximum atomic E-state index is 14.5. The third-order valence-electron chi connectivity index (χ3n) is 15.1. The lowest BCUT2D eigenvalue weighted by molar-refractivity contribution is -0.148. The number of carbonyl (C=O) groups excluding carboxylic acids is 8. The second-order valence-electron chi connectivity index (χ2n) is 21.7. The highest BCUT2D eigenvalue weighted by molar-refractivity contribution is 6.12. The molecule has 7 amide bonds. The van der Waals surface area contributed by atoms with Crippen LogP contribution in [0, 0.1) is 23.7 Å². The fourth-order valence-corrected chi connectivity index (χ4v) is 10.6. The number of esters is 1. The van der Waals surface area contributed by atoms with Crippen molar-refractivity contribution in [2.45, 2.75) is 156 Å². The molecule has 19 nitrogen and oxygen atoms in total. The molecule has 2 heterocycles. The molecule has 1 fully saturated rings. The molecule has 0 radical (unpaired) electrons. The first-order chi connectivity index (χ1) is 37.0. The number of methoxy groups -OCH3 is 2. The molecular formula is C59H88N8O11. The maximum Gasteiger partial charge on any atom is 0.338 e. The summed E-state index contributed by atoms with van der Waals surface area (Å²) in [6.45, 7) is 15.9. The van der Waals surface area contributed by atoms with E-state index in [0.717, 1.165) is 5.56 Å². The molecule has 430 valence electrons. The van der Waals surface area contributed by atoms with Crippen LogP contribution in [0.5, 0.6) is 0 Å². The van der Waals surface area contributed by atoms with Gasteiger partial charge in [-0.15, -0.1) is 0 Å². The molecule has 2 aliphatic heterocycles. The van der Waals surface area contributed by atoms with Gasteiger partial charge in [-0.3, -0.25) is 43.4 Å². The van der Waals surface area contributed by atoms with Crippen LogP contribution >= 0.6 is 0 Å². The lowest BCUT2D eigenvalue weighted by Gasteiger charge is -2.41. The standard InChI is InChI=1S/C59H88N8O11/c1-14-39(6)54(65(11)58(74)52(37(2)3)61-57(73)53(38(4)5)64(9)10)47(76-12)35-51(71)66-33-21-24-46(66)55(77-13)40(7)56(72)60-45(34-42-22-17-15-18-23-42)36-78-59(75)44-28-26-43(27-29-44)41(8)62-63-48(68)25-19-16-20-32-67-49(69)30-31-50(67)70/h15,17-18,22-23,26-31,37-40,45-47,52-55H,14,16,19-21,24-25,32-36H2,1-13H3,(H,60,72)(H,61,73)(H,63,68)/b62-41-/t39-,40+,45-,46-,47+,52-,53-,54-,55+/m0/s1. The zero-order chi connectivity index (χ0) is 57.8. The third kappa shape index (κ3) is 18.1. The SMILES string of the molecule is CC[C@H](C)[C@@H]([C@@H](CC(=O)N1CCC[C@H]1[C@H](OC)[C@@H](C)C(=O)N[C@H](COC(=O)c1ccc(/C(C)=N\NC(=O)CCCCCN2C(=O)C=CC2=O)cc1)Cc1ccccc1)OC)N(C)C(=O)[C@@H](NC(=O)[C@H](C(C)C)N(C)C)C(C)C. The fraction of sp³-hybridized carbons (Fsp3) is 0.610. The number of imide groups is 1. The number of carbonyl (C=O) groups is 8. The van der Waals surface area contributed by atoms with Crippen LogP contribution in [0.15, 0.2) is 71.9 Å². The number of hydrogen-bond acceptors (Lipinski definition) is 13. The van der Waals surface area contributed by atoms with Gasteiger partial charge in [-0.05, 0) is 94.1 Å². The molecule has 4 rings (SSSR count). The smallest absolute Gasteiger partial charge is 0.338 e. The van der Waals surface area contributed by atoms with Gasteiger partial charge in [0.05, 0.1) is 60.0 Å². The summed E-state index contributed by atoms with van der Waals surface area (Å²) in [4.78, 5) is 113. The average molecular weight is 1090 g/mol. The number of likely N-dealkylation sites (tertiary alicyclic amines) is 1. The molecule has 9 atom stereocenters. The third-order valence-corrected chi connectivity index (χ3v) is 15.1. The minimum Gasteiger partial charge on any atom is -0.460 e. The number of likely N-dealkylation sites (N-methyl/N-ethyl adjacent to an activating group) is 2. The molecule has 78 heavy (non-hydrogen) atoms. The van der Waals surface area contributed by atoms with E-state index in [1.165, 1.54) is 24.2 Å². The van der Waals surface area contributed by atoms with Gasteiger partial charge in [-0.1, -0.05) is 104 Å². The predicted molar refractivity (Wildman–Crippen MR) is 299 cm³/mol. The highest BCUT2D eigenvalue weighted by Crippen LogP contribution is 2.30. The van der Waals surface area contributed by atoms with Crippen LogP contribution in [-0.4, -0.2) is 170 Å². The first-order valence-electron chi connectivity index (χ1n) is 27.6. The van der Waals surface area contributed by atoms with E-state index in [1.54, 1.807) is 62.1 Å². The van der Waals surface area contributed by atoms with E-state index in [9.17, 15) is 38.4 Å². The molecule has 0 unspecified atom stereocenters. The number of amides is 7. The zero-order valence-electron chi connectivity index (χ0n) is 48.4. The summed E-state index contributed by atoms with van der Waals surface area (Å²) in [7, 11) is 8.49. The van der Waals surface area contributed by atoms with Crippen molar-refractivity contribution in [3.05, 3.63) is 83.4 Å². The minimum absolute atomic E-state index is 0.0147. The van der Waals surface area contributed by atoms with Gasteiger partial charge < -0.3 is 34.6 Å². The molecule has 0 aromatic heterocycles. The summed E-state index contributed by atoms with van der Waals surface area (Å²) in [6.07, 6.45) is 5.51. The van der Waals surface area contributed by atoms with E-state index in [-0.39, 0.29) is 84.1 Å². The Balaban J connectivity index is 1.39. The lowest BCUT2D eigenvalue weighted by Crippen LogP contribution is -2.59. The summed E-state index contributed by atoms with van der Waals surface area (Å²) < 4.78 is 18.0. The molecule has 2 aliphatic rings. The Morgan fingerprint density at radius 2 is 1.44 bits per heavy atom. The van der Waals surface area contributed by atoms with Gasteiger partial charge in [0.2, 0.25) is 29.5 Å². The summed E-state index contributed by atoms with van der Waals surface area (Å²) in [5.41, 5.74) is 4.95. The summed E-state index contributed by atoms with van der Waals surface area (Å²) in [5, 5.41) is 10.4.